The summed E-state index contributed by atoms with van der Waals surface area (Å²) in [7, 11) is 1.69. The number of hydrogen-bond donors (Lipinski definition) is 2. The predicted molar refractivity (Wildman–Crippen MR) is 71.2 cm³/mol. The highest BCUT2D eigenvalue weighted by Crippen LogP contribution is 2.24. The highest BCUT2D eigenvalue weighted by Gasteiger charge is 2.41. The molecular formula is C13H25N3O2. The van der Waals surface area contributed by atoms with Gasteiger partial charge in [0.25, 0.3) is 0 Å². The highest BCUT2D eigenvalue weighted by molar-refractivity contribution is 5.90. The minimum Gasteiger partial charge on any atom is -0.352 e. The van der Waals surface area contributed by atoms with E-state index in [1.807, 2.05) is 20.8 Å². The van der Waals surface area contributed by atoms with E-state index < -0.39 is 5.54 Å². The van der Waals surface area contributed by atoms with Crippen LogP contribution in [-0.2, 0) is 9.59 Å². The van der Waals surface area contributed by atoms with Gasteiger partial charge in [-0.3, -0.25) is 9.59 Å². The first-order valence-corrected chi connectivity index (χ1v) is 6.71. The Morgan fingerprint density at radius 2 is 2.11 bits per heavy atom. The summed E-state index contributed by atoms with van der Waals surface area (Å²) in [5.41, 5.74) is -0.452. The monoisotopic (exact) mass is 255 g/mol. The van der Waals surface area contributed by atoms with Crippen LogP contribution in [0.15, 0.2) is 0 Å². The lowest BCUT2D eigenvalue weighted by atomic mass is 9.92. The number of carbonyl (C=O) groups is 2. The van der Waals surface area contributed by atoms with E-state index in [-0.39, 0.29) is 24.4 Å². The molecule has 1 heterocycles. The summed E-state index contributed by atoms with van der Waals surface area (Å²) in [6.45, 7) is 6.84. The lowest BCUT2D eigenvalue weighted by Gasteiger charge is -2.31. The molecule has 5 nitrogen and oxygen atoms in total. The van der Waals surface area contributed by atoms with Crippen LogP contribution in [0.25, 0.3) is 0 Å². The van der Waals surface area contributed by atoms with E-state index in [0.29, 0.717) is 0 Å². The SMILES string of the molecule is CCC1(C(=O)N(C)CC(=O)NC(C)C)CCCN1. The van der Waals surface area contributed by atoms with E-state index in [2.05, 4.69) is 10.6 Å². The minimum atomic E-state index is -0.452. The second-order valence-electron chi connectivity index (χ2n) is 5.35. The quantitative estimate of drug-likeness (QED) is 0.752. The van der Waals surface area contributed by atoms with Crippen molar-refractivity contribution in [3.8, 4) is 0 Å². The zero-order chi connectivity index (χ0) is 13.8. The van der Waals surface area contributed by atoms with Crippen LogP contribution in [0, 0.1) is 0 Å². The first-order valence-electron chi connectivity index (χ1n) is 6.71. The third kappa shape index (κ3) is 3.45. The summed E-state index contributed by atoms with van der Waals surface area (Å²) in [5.74, 6) is -0.0773. The summed E-state index contributed by atoms with van der Waals surface area (Å²) >= 11 is 0. The van der Waals surface area contributed by atoms with E-state index in [1.54, 1.807) is 7.05 Å². The van der Waals surface area contributed by atoms with Crippen molar-refractivity contribution < 1.29 is 9.59 Å². The molecule has 5 heteroatoms. The van der Waals surface area contributed by atoms with E-state index in [4.69, 9.17) is 0 Å². The number of carbonyl (C=O) groups excluding carboxylic acids is 2. The van der Waals surface area contributed by atoms with Crippen molar-refractivity contribution in [2.24, 2.45) is 0 Å². The first-order chi connectivity index (χ1) is 8.41. The smallest absolute Gasteiger partial charge is 0.243 e. The molecule has 0 aromatic heterocycles. The van der Waals surface area contributed by atoms with Crippen LogP contribution in [0.4, 0.5) is 0 Å². The third-order valence-corrected chi connectivity index (χ3v) is 3.43. The van der Waals surface area contributed by atoms with Crippen molar-refractivity contribution >= 4 is 11.8 Å². The summed E-state index contributed by atoms with van der Waals surface area (Å²) in [6, 6.07) is 0.103. The number of rotatable bonds is 5. The second-order valence-corrected chi connectivity index (χ2v) is 5.35. The molecule has 1 unspecified atom stereocenters. The van der Waals surface area contributed by atoms with Gasteiger partial charge in [0.2, 0.25) is 11.8 Å². The fourth-order valence-electron chi connectivity index (χ4n) is 2.46. The largest absolute Gasteiger partial charge is 0.352 e. The first kappa shape index (κ1) is 15.0. The normalized spacial score (nSPS) is 23.2. The van der Waals surface area contributed by atoms with E-state index in [9.17, 15) is 9.59 Å². The molecule has 1 aliphatic rings. The van der Waals surface area contributed by atoms with Crippen LogP contribution in [0.2, 0.25) is 0 Å². The molecular weight excluding hydrogens is 230 g/mol. The molecule has 0 radical (unpaired) electrons. The molecule has 1 saturated heterocycles. The zero-order valence-corrected chi connectivity index (χ0v) is 11.9. The molecule has 1 atom stereocenters. The second kappa shape index (κ2) is 6.18. The molecule has 0 aromatic carbocycles. The molecule has 1 rings (SSSR count). The van der Waals surface area contributed by atoms with Gasteiger partial charge >= 0.3 is 0 Å². The summed E-state index contributed by atoms with van der Waals surface area (Å²) < 4.78 is 0. The topological polar surface area (TPSA) is 61.4 Å². The lowest BCUT2D eigenvalue weighted by Crippen LogP contribution is -2.55. The van der Waals surface area contributed by atoms with Gasteiger partial charge in [0.1, 0.15) is 0 Å². The summed E-state index contributed by atoms with van der Waals surface area (Å²) in [6.07, 6.45) is 2.64. The maximum absolute atomic E-state index is 12.4. The van der Waals surface area contributed by atoms with Crippen LogP contribution >= 0.6 is 0 Å². The molecule has 2 amide bonds. The van der Waals surface area contributed by atoms with Gasteiger partial charge in [0.05, 0.1) is 12.1 Å². The van der Waals surface area contributed by atoms with Gasteiger partial charge < -0.3 is 15.5 Å². The molecule has 0 aromatic rings. The highest BCUT2D eigenvalue weighted by atomic mass is 16.2. The van der Waals surface area contributed by atoms with Crippen LogP contribution < -0.4 is 10.6 Å². The molecule has 104 valence electrons. The summed E-state index contributed by atoms with van der Waals surface area (Å²) in [4.78, 5) is 25.6. The molecule has 1 aliphatic heterocycles. The van der Waals surface area contributed by atoms with Gasteiger partial charge in [-0.25, -0.2) is 0 Å². The standard InChI is InChI=1S/C13H25N3O2/c1-5-13(7-6-8-14-13)12(18)16(4)9-11(17)15-10(2)3/h10,14H,5-9H2,1-4H3,(H,15,17). The van der Waals surface area contributed by atoms with Crippen molar-refractivity contribution in [2.45, 2.75) is 51.6 Å². The van der Waals surface area contributed by atoms with Crippen LogP contribution in [0.1, 0.15) is 40.0 Å². The van der Waals surface area contributed by atoms with E-state index >= 15 is 0 Å². The minimum absolute atomic E-state index is 0.0291. The Morgan fingerprint density at radius 1 is 1.44 bits per heavy atom. The molecule has 0 spiro atoms. The molecule has 18 heavy (non-hydrogen) atoms. The molecule has 0 saturated carbocycles. The van der Waals surface area contributed by atoms with Crippen LogP contribution in [0.5, 0.6) is 0 Å². The number of likely N-dealkylation sites (N-methyl/N-ethyl adjacent to an activating group) is 1. The predicted octanol–water partition coefficient (Wildman–Crippen LogP) is 0.502. The van der Waals surface area contributed by atoms with Crippen molar-refractivity contribution in [2.75, 3.05) is 20.1 Å². The van der Waals surface area contributed by atoms with Gasteiger partial charge in [-0.2, -0.15) is 0 Å². The van der Waals surface area contributed by atoms with Gasteiger partial charge in [-0.05, 0) is 39.7 Å². The fourth-order valence-corrected chi connectivity index (χ4v) is 2.46. The van der Waals surface area contributed by atoms with Crippen molar-refractivity contribution in [1.82, 2.24) is 15.5 Å². The number of nitrogens with one attached hydrogen (secondary N) is 2. The van der Waals surface area contributed by atoms with E-state index in [1.165, 1.54) is 4.90 Å². The molecule has 0 aliphatic carbocycles. The average Bonchev–Trinajstić information content (AvgIpc) is 2.76. The number of hydrogen-bond acceptors (Lipinski definition) is 3. The maximum atomic E-state index is 12.4. The van der Waals surface area contributed by atoms with Gasteiger partial charge in [0.15, 0.2) is 0 Å². The Bertz CT molecular complexity index is 309. The van der Waals surface area contributed by atoms with Gasteiger partial charge in [-0.15, -0.1) is 0 Å². The van der Waals surface area contributed by atoms with Crippen LogP contribution in [0.3, 0.4) is 0 Å². The zero-order valence-electron chi connectivity index (χ0n) is 11.9. The Morgan fingerprint density at radius 3 is 2.56 bits per heavy atom. The van der Waals surface area contributed by atoms with Crippen LogP contribution in [-0.4, -0.2) is 48.4 Å². The third-order valence-electron chi connectivity index (χ3n) is 3.43. The van der Waals surface area contributed by atoms with Gasteiger partial charge in [0, 0.05) is 13.1 Å². The number of nitrogens with zero attached hydrogens (tertiary/aromatic N) is 1. The Labute approximate surface area is 109 Å². The summed E-state index contributed by atoms with van der Waals surface area (Å²) in [5, 5.41) is 6.09. The van der Waals surface area contributed by atoms with E-state index in [0.717, 1.165) is 25.8 Å². The van der Waals surface area contributed by atoms with Crippen molar-refractivity contribution in [1.29, 1.82) is 0 Å². The molecule has 2 N–H and O–H groups in total. The lowest BCUT2D eigenvalue weighted by molar-refractivity contribution is -0.140. The Hall–Kier alpha value is -1.10. The Kier molecular flexibility index (Phi) is 5.14. The van der Waals surface area contributed by atoms with Crippen molar-refractivity contribution in [3.05, 3.63) is 0 Å². The fraction of sp³-hybridized carbons (Fsp3) is 0.846. The molecule has 1 fully saturated rings. The van der Waals surface area contributed by atoms with Gasteiger partial charge in [-0.1, -0.05) is 6.92 Å². The maximum Gasteiger partial charge on any atom is 0.243 e. The average molecular weight is 255 g/mol. The Balaban J connectivity index is 2.57. The molecule has 0 bridgehead atoms. The number of amides is 2. The van der Waals surface area contributed by atoms with Crippen molar-refractivity contribution in [3.63, 3.8) is 0 Å².